The minimum Gasteiger partial charge on any atom is -0.338 e. The maximum atomic E-state index is 13.3. The van der Waals surface area contributed by atoms with E-state index in [-0.39, 0.29) is 25.3 Å². The molecule has 0 aliphatic carbocycles. The first kappa shape index (κ1) is 14.0. The van der Waals surface area contributed by atoms with Crippen LogP contribution in [0.4, 0.5) is 17.6 Å². The number of halogens is 4. The molecule has 4 nitrogen and oxygen atoms in total. The van der Waals surface area contributed by atoms with Crippen molar-refractivity contribution in [2.75, 3.05) is 13.1 Å². The number of aromatic nitrogens is 2. The van der Waals surface area contributed by atoms with Crippen molar-refractivity contribution in [1.82, 2.24) is 15.5 Å². The molecule has 1 unspecified atom stereocenters. The number of rotatable bonds is 2. The van der Waals surface area contributed by atoms with Gasteiger partial charge in [0.25, 0.3) is 0 Å². The second kappa shape index (κ2) is 4.80. The van der Waals surface area contributed by atoms with Gasteiger partial charge in [-0.3, -0.25) is 0 Å². The van der Waals surface area contributed by atoms with Gasteiger partial charge in [0.05, 0.1) is 0 Å². The Kier molecular flexibility index (Phi) is 3.20. The summed E-state index contributed by atoms with van der Waals surface area (Å²) in [6.07, 6.45) is -4.63. The summed E-state index contributed by atoms with van der Waals surface area (Å²) in [7, 11) is 0. The van der Waals surface area contributed by atoms with Crippen LogP contribution in [-0.4, -0.2) is 29.4 Å². The zero-order valence-electron chi connectivity index (χ0n) is 10.7. The zero-order valence-corrected chi connectivity index (χ0v) is 10.7. The highest BCUT2D eigenvalue weighted by molar-refractivity contribution is 5.54. The van der Waals surface area contributed by atoms with E-state index >= 15 is 0 Å². The van der Waals surface area contributed by atoms with Crippen LogP contribution in [0.25, 0.3) is 11.4 Å². The van der Waals surface area contributed by atoms with Crippen LogP contribution in [0.1, 0.15) is 12.3 Å². The molecule has 3 rings (SSSR count). The van der Waals surface area contributed by atoms with Crippen molar-refractivity contribution in [3.63, 3.8) is 0 Å². The number of hydrogen-bond acceptors (Lipinski definition) is 4. The molecule has 1 atom stereocenters. The van der Waals surface area contributed by atoms with E-state index in [0.717, 1.165) is 0 Å². The fraction of sp³-hybridized carbons (Fsp3) is 0.385. The molecular weight excluding hydrogens is 290 g/mol. The summed E-state index contributed by atoms with van der Waals surface area (Å²) in [4.78, 5) is 3.87. The Hall–Kier alpha value is -1.96. The molecule has 0 spiro atoms. The summed E-state index contributed by atoms with van der Waals surface area (Å²) < 4.78 is 57.7. The van der Waals surface area contributed by atoms with Crippen LogP contribution in [0.15, 0.2) is 28.8 Å². The molecule has 1 fully saturated rings. The minimum absolute atomic E-state index is 0.0144. The van der Waals surface area contributed by atoms with Gasteiger partial charge in [0.15, 0.2) is 5.41 Å². The molecule has 8 heteroatoms. The fourth-order valence-electron chi connectivity index (χ4n) is 2.37. The highest BCUT2D eigenvalue weighted by atomic mass is 19.4. The van der Waals surface area contributed by atoms with Crippen LogP contribution in [0.5, 0.6) is 0 Å². The van der Waals surface area contributed by atoms with Crippen LogP contribution in [0.2, 0.25) is 0 Å². The average Bonchev–Trinajstić information content (AvgIpc) is 3.08. The molecule has 2 aromatic rings. The summed E-state index contributed by atoms with van der Waals surface area (Å²) in [5.41, 5.74) is -1.76. The maximum Gasteiger partial charge on any atom is 0.404 e. The van der Waals surface area contributed by atoms with Gasteiger partial charge in [-0.15, -0.1) is 0 Å². The number of alkyl halides is 3. The summed E-state index contributed by atoms with van der Waals surface area (Å²) in [6.45, 7) is -0.0602. The van der Waals surface area contributed by atoms with E-state index < -0.39 is 23.3 Å². The van der Waals surface area contributed by atoms with Crippen molar-refractivity contribution in [2.24, 2.45) is 0 Å². The first-order valence-corrected chi connectivity index (χ1v) is 6.30. The third kappa shape index (κ3) is 2.29. The predicted molar refractivity (Wildman–Crippen MR) is 64.9 cm³/mol. The molecule has 1 saturated heterocycles. The summed E-state index contributed by atoms with van der Waals surface area (Å²) >= 11 is 0. The second-order valence-corrected chi connectivity index (χ2v) is 4.94. The fourth-order valence-corrected chi connectivity index (χ4v) is 2.37. The monoisotopic (exact) mass is 301 g/mol. The number of nitrogens with one attached hydrogen (secondary N) is 1. The van der Waals surface area contributed by atoms with Crippen LogP contribution in [-0.2, 0) is 5.41 Å². The van der Waals surface area contributed by atoms with Crippen molar-refractivity contribution in [3.05, 3.63) is 36.0 Å². The largest absolute Gasteiger partial charge is 0.404 e. The smallest absolute Gasteiger partial charge is 0.338 e. The van der Waals surface area contributed by atoms with Gasteiger partial charge in [0.2, 0.25) is 11.7 Å². The van der Waals surface area contributed by atoms with Crippen molar-refractivity contribution >= 4 is 0 Å². The summed E-state index contributed by atoms with van der Waals surface area (Å²) in [6, 6.07) is 5.14. The molecule has 0 saturated carbocycles. The highest BCUT2D eigenvalue weighted by Gasteiger charge is 2.61. The normalized spacial score (nSPS) is 22.7. The first-order chi connectivity index (χ1) is 9.92. The average molecular weight is 301 g/mol. The van der Waals surface area contributed by atoms with Crippen LogP contribution >= 0.6 is 0 Å². The van der Waals surface area contributed by atoms with Gasteiger partial charge >= 0.3 is 6.18 Å². The lowest BCUT2D eigenvalue weighted by Crippen LogP contribution is -2.44. The molecule has 112 valence electrons. The van der Waals surface area contributed by atoms with Gasteiger partial charge in [0.1, 0.15) is 5.82 Å². The highest BCUT2D eigenvalue weighted by Crippen LogP contribution is 2.45. The topological polar surface area (TPSA) is 51.0 Å². The molecule has 0 bridgehead atoms. The Morgan fingerprint density at radius 3 is 2.48 bits per heavy atom. The minimum atomic E-state index is -4.48. The van der Waals surface area contributed by atoms with Crippen LogP contribution in [0.3, 0.4) is 0 Å². The van der Waals surface area contributed by atoms with Crippen molar-refractivity contribution < 1.29 is 22.1 Å². The molecule has 1 aromatic carbocycles. The van der Waals surface area contributed by atoms with E-state index in [9.17, 15) is 17.6 Å². The molecule has 0 radical (unpaired) electrons. The standard InChI is InChI=1S/C13H11F4N3O/c14-9-3-1-8(2-4-9)10-19-11(21-20-10)12(13(15,16)17)5-6-18-7-12/h1-4,18H,5-7H2. The zero-order chi connectivity index (χ0) is 15.1. The van der Waals surface area contributed by atoms with E-state index in [1.165, 1.54) is 24.3 Å². The van der Waals surface area contributed by atoms with Crippen LogP contribution < -0.4 is 5.32 Å². The van der Waals surface area contributed by atoms with Gasteiger partial charge in [-0.25, -0.2) is 4.39 Å². The molecule has 1 aliphatic heterocycles. The van der Waals surface area contributed by atoms with Crippen molar-refractivity contribution in [3.8, 4) is 11.4 Å². The molecular formula is C13H11F4N3O. The molecule has 1 aliphatic rings. The first-order valence-electron chi connectivity index (χ1n) is 6.30. The maximum absolute atomic E-state index is 13.3. The number of benzene rings is 1. The number of nitrogens with zero attached hydrogens (tertiary/aromatic N) is 2. The Morgan fingerprint density at radius 2 is 1.90 bits per heavy atom. The lowest BCUT2D eigenvalue weighted by Gasteiger charge is -2.26. The SMILES string of the molecule is Fc1ccc(-c2noc(C3(C(F)(F)F)CCNC3)n2)cc1. The Bertz CT molecular complexity index is 630. The third-order valence-electron chi connectivity index (χ3n) is 3.64. The lowest BCUT2D eigenvalue weighted by molar-refractivity contribution is -0.191. The second-order valence-electron chi connectivity index (χ2n) is 4.94. The molecule has 1 N–H and O–H groups in total. The van der Waals surface area contributed by atoms with Gasteiger partial charge in [-0.2, -0.15) is 18.2 Å². The number of hydrogen-bond donors (Lipinski definition) is 1. The summed E-state index contributed by atoms with van der Waals surface area (Å²) in [5, 5.41) is 6.26. The van der Waals surface area contributed by atoms with E-state index in [0.29, 0.717) is 5.56 Å². The Labute approximate surface area is 117 Å². The molecule has 2 heterocycles. The van der Waals surface area contributed by atoms with Crippen molar-refractivity contribution in [1.29, 1.82) is 0 Å². The molecule has 1 aromatic heterocycles. The van der Waals surface area contributed by atoms with Crippen LogP contribution in [0, 0.1) is 5.82 Å². The van der Waals surface area contributed by atoms with Crippen molar-refractivity contribution in [2.45, 2.75) is 18.0 Å². The van der Waals surface area contributed by atoms with E-state index in [4.69, 9.17) is 4.52 Å². The van der Waals surface area contributed by atoms with Gasteiger partial charge in [-0.05, 0) is 37.2 Å². The van der Waals surface area contributed by atoms with Gasteiger partial charge in [-0.1, -0.05) is 5.16 Å². The van der Waals surface area contributed by atoms with Gasteiger partial charge < -0.3 is 9.84 Å². The van der Waals surface area contributed by atoms with E-state index in [2.05, 4.69) is 15.5 Å². The predicted octanol–water partition coefficient (Wildman–Crippen LogP) is 2.67. The molecule has 0 amide bonds. The van der Waals surface area contributed by atoms with E-state index in [1.54, 1.807) is 0 Å². The van der Waals surface area contributed by atoms with E-state index in [1.807, 2.05) is 0 Å². The Morgan fingerprint density at radius 1 is 1.19 bits per heavy atom. The van der Waals surface area contributed by atoms with Gasteiger partial charge in [0, 0.05) is 12.1 Å². The molecule has 21 heavy (non-hydrogen) atoms. The quantitative estimate of drug-likeness (QED) is 0.867. The lowest BCUT2D eigenvalue weighted by atomic mass is 9.86. The Balaban J connectivity index is 1.99. The third-order valence-corrected chi connectivity index (χ3v) is 3.64. The summed E-state index contributed by atoms with van der Waals surface area (Å²) in [5.74, 6) is -0.894.